The van der Waals surface area contributed by atoms with E-state index in [1.807, 2.05) is 19.2 Å². The summed E-state index contributed by atoms with van der Waals surface area (Å²) in [7, 11) is 2.03. The van der Waals surface area contributed by atoms with Gasteiger partial charge in [-0.15, -0.1) is 0 Å². The van der Waals surface area contributed by atoms with E-state index in [9.17, 15) is 5.26 Å². The minimum absolute atomic E-state index is 0.734. The molecule has 0 aliphatic carbocycles. The van der Waals surface area contributed by atoms with Crippen molar-refractivity contribution in [3.8, 4) is 6.07 Å². The zero-order valence-corrected chi connectivity index (χ0v) is 12.7. The Kier molecular flexibility index (Phi) is 5.16. The van der Waals surface area contributed by atoms with Crippen molar-refractivity contribution < 1.29 is 0 Å². The number of thiophene rings is 1. The normalized spacial score (nSPS) is 10.2. The second-order valence-electron chi connectivity index (χ2n) is 4.73. The molecule has 0 saturated heterocycles. The summed E-state index contributed by atoms with van der Waals surface area (Å²) in [5, 5.41) is 16.8. The summed E-state index contributed by atoms with van der Waals surface area (Å²) in [6.45, 7) is 4.64. The van der Waals surface area contributed by atoms with Gasteiger partial charge in [-0.05, 0) is 46.6 Å². The van der Waals surface area contributed by atoms with Crippen LogP contribution >= 0.6 is 11.3 Å². The number of anilines is 1. The van der Waals surface area contributed by atoms with Gasteiger partial charge < -0.3 is 10.2 Å². The molecule has 0 spiro atoms. The van der Waals surface area contributed by atoms with E-state index in [4.69, 9.17) is 0 Å². The molecule has 3 nitrogen and oxygen atoms in total. The van der Waals surface area contributed by atoms with Crippen LogP contribution in [0.25, 0.3) is 0 Å². The maximum absolute atomic E-state index is 9.35. The van der Waals surface area contributed by atoms with E-state index in [0.29, 0.717) is 0 Å². The summed E-state index contributed by atoms with van der Waals surface area (Å²) in [5.41, 5.74) is 4.14. The average molecular weight is 285 g/mol. The first kappa shape index (κ1) is 14.6. The Bertz CT molecular complexity index is 584. The van der Waals surface area contributed by atoms with Crippen molar-refractivity contribution in [1.29, 1.82) is 5.26 Å². The lowest BCUT2D eigenvalue weighted by atomic mass is 10.1. The lowest BCUT2D eigenvalue weighted by molar-refractivity contribution is 0.726. The van der Waals surface area contributed by atoms with Gasteiger partial charge in [0.1, 0.15) is 6.07 Å². The largest absolute Gasteiger partial charge is 0.369 e. The molecule has 20 heavy (non-hydrogen) atoms. The Balaban J connectivity index is 2.16. The fraction of sp³-hybridized carbons (Fsp3) is 0.312. The van der Waals surface area contributed by atoms with Crippen molar-refractivity contribution >= 4 is 17.0 Å². The highest BCUT2D eigenvalue weighted by Gasteiger charge is 2.09. The van der Waals surface area contributed by atoms with Crippen LogP contribution in [0.5, 0.6) is 0 Å². The Morgan fingerprint density at radius 3 is 2.80 bits per heavy atom. The van der Waals surface area contributed by atoms with Gasteiger partial charge in [-0.2, -0.15) is 16.6 Å². The van der Waals surface area contributed by atoms with E-state index in [2.05, 4.69) is 46.1 Å². The number of benzene rings is 1. The third kappa shape index (κ3) is 3.60. The van der Waals surface area contributed by atoms with Gasteiger partial charge in [-0.1, -0.05) is 13.0 Å². The van der Waals surface area contributed by atoms with E-state index in [0.717, 1.165) is 36.4 Å². The van der Waals surface area contributed by atoms with Crippen LogP contribution in [0.2, 0.25) is 0 Å². The second-order valence-corrected chi connectivity index (χ2v) is 5.51. The minimum Gasteiger partial charge on any atom is -0.369 e. The quantitative estimate of drug-likeness (QED) is 0.884. The van der Waals surface area contributed by atoms with Crippen LogP contribution in [0.15, 0.2) is 35.0 Å². The highest BCUT2D eigenvalue weighted by atomic mass is 32.1. The van der Waals surface area contributed by atoms with Gasteiger partial charge in [0.2, 0.25) is 0 Å². The lowest BCUT2D eigenvalue weighted by Crippen LogP contribution is -2.18. The highest BCUT2D eigenvalue weighted by molar-refractivity contribution is 7.07. The summed E-state index contributed by atoms with van der Waals surface area (Å²) in [6.07, 6.45) is 0. The van der Waals surface area contributed by atoms with Gasteiger partial charge >= 0.3 is 0 Å². The van der Waals surface area contributed by atoms with Gasteiger partial charge in [-0.25, -0.2) is 0 Å². The van der Waals surface area contributed by atoms with E-state index in [1.165, 1.54) is 5.56 Å². The van der Waals surface area contributed by atoms with Crippen molar-refractivity contribution in [2.45, 2.75) is 20.0 Å². The third-order valence-electron chi connectivity index (χ3n) is 3.17. The monoisotopic (exact) mass is 285 g/mol. The summed E-state index contributed by atoms with van der Waals surface area (Å²) < 4.78 is 0. The summed E-state index contributed by atoms with van der Waals surface area (Å²) in [6, 6.07) is 10.5. The number of hydrogen-bond donors (Lipinski definition) is 1. The minimum atomic E-state index is 0.734. The van der Waals surface area contributed by atoms with Crippen molar-refractivity contribution in [1.82, 2.24) is 5.32 Å². The van der Waals surface area contributed by atoms with Crippen molar-refractivity contribution in [3.05, 3.63) is 51.7 Å². The Labute approximate surface area is 124 Å². The first-order chi connectivity index (χ1) is 9.74. The molecule has 0 fully saturated rings. The number of hydrogen-bond acceptors (Lipinski definition) is 4. The van der Waals surface area contributed by atoms with Crippen molar-refractivity contribution in [2.75, 3.05) is 18.5 Å². The molecule has 0 saturated carbocycles. The van der Waals surface area contributed by atoms with E-state index >= 15 is 0 Å². The molecule has 0 bridgehead atoms. The SMILES string of the molecule is CCNCc1ccc(N(C)Cc2ccsc2)c(C#N)c1. The van der Waals surface area contributed by atoms with Gasteiger partial charge in [-0.3, -0.25) is 0 Å². The van der Waals surface area contributed by atoms with Crippen molar-refractivity contribution in [2.24, 2.45) is 0 Å². The molecule has 0 radical (unpaired) electrons. The predicted octanol–water partition coefficient (Wildman–Crippen LogP) is 3.37. The Morgan fingerprint density at radius 2 is 2.15 bits per heavy atom. The topological polar surface area (TPSA) is 39.1 Å². The van der Waals surface area contributed by atoms with Gasteiger partial charge in [0.15, 0.2) is 0 Å². The van der Waals surface area contributed by atoms with Crippen LogP contribution in [0.3, 0.4) is 0 Å². The zero-order valence-electron chi connectivity index (χ0n) is 11.9. The first-order valence-electron chi connectivity index (χ1n) is 6.70. The molecule has 0 aliphatic heterocycles. The Hall–Kier alpha value is -1.83. The maximum Gasteiger partial charge on any atom is 0.101 e. The van der Waals surface area contributed by atoms with E-state index in [-0.39, 0.29) is 0 Å². The maximum atomic E-state index is 9.35. The molecule has 1 aromatic heterocycles. The Morgan fingerprint density at radius 1 is 1.30 bits per heavy atom. The molecule has 0 unspecified atom stereocenters. The summed E-state index contributed by atoms with van der Waals surface area (Å²) in [5.74, 6) is 0. The van der Waals surface area contributed by atoms with Crippen molar-refractivity contribution in [3.63, 3.8) is 0 Å². The molecule has 2 rings (SSSR count). The zero-order chi connectivity index (χ0) is 14.4. The number of nitriles is 1. The van der Waals surface area contributed by atoms with Crippen LogP contribution in [0.1, 0.15) is 23.6 Å². The van der Waals surface area contributed by atoms with Gasteiger partial charge in [0.05, 0.1) is 11.3 Å². The molecule has 1 N–H and O–H groups in total. The molecule has 104 valence electrons. The summed E-state index contributed by atoms with van der Waals surface area (Å²) in [4.78, 5) is 2.12. The fourth-order valence-corrected chi connectivity index (χ4v) is 2.79. The van der Waals surface area contributed by atoms with Crippen LogP contribution in [0.4, 0.5) is 5.69 Å². The van der Waals surface area contributed by atoms with E-state index in [1.54, 1.807) is 11.3 Å². The molecular weight excluding hydrogens is 266 g/mol. The second kappa shape index (κ2) is 7.09. The number of nitrogens with zero attached hydrogens (tertiary/aromatic N) is 2. The molecule has 2 aromatic rings. The number of rotatable bonds is 6. The smallest absolute Gasteiger partial charge is 0.101 e. The van der Waals surface area contributed by atoms with Gasteiger partial charge in [0, 0.05) is 20.1 Å². The van der Waals surface area contributed by atoms with Gasteiger partial charge in [0.25, 0.3) is 0 Å². The van der Waals surface area contributed by atoms with E-state index < -0.39 is 0 Å². The highest BCUT2D eigenvalue weighted by Crippen LogP contribution is 2.22. The molecule has 1 aromatic carbocycles. The molecule has 0 amide bonds. The van der Waals surface area contributed by atoms with Crippen LogP contribution in [-0.4, -0.2) is 13.6 Å². The first-order valence-corrected chi connectivity index (χ1v) is 7.64. The van der Waals surface area contributed by atoms with Crippen LogP contribution in [0, 0.1) is 11.3 Å². The standard InChI is InChI=1S/C16H19N3S/c1-3-18-10-13-4-5-16(15(8-13)9-17)19(2)11-14-6-7-20-12-14/h4-8,12,18H,3,10-11H2,1-2H3. The molecule has 4 heteroatoms. The third-order valence-corrected chi connectivity index (χ3v) is 3.90. The number of nitrogens with one attached hydrogen (secondary N) is 1. The fourth-order valence-electron chi connectivity index (χ4n) is 2.13. The lowest BCUT2D eigenvalue weighted by Gasteiger charge is -2.20. The predicted molar refractivity (Wildman–Crippen MR) is 85.0 cm³/mol. The molecule has 0 atom stereocenters. The molecular formula is C16H19N3S. The average Bonchev–Trinajstić information content (AvgIpc) is 2.97. The molecule has 0 aliphatic rings. The molecule has 1 heterocycles. The van der Waals surface area contributed by atoms with Crippen LogP contribution < -0.4 is 10.2 Å². The summed E-state index contributed by atoms with van der Waals surface area (Å²) >= 11 is 1.70. The van der Waals surface area contributed by atoms with Crippen LogP contribution in [-0.2, 0) is 13.1 Å².